The summed E-state index contributed by atoms with van der Waals surface area (Å²) < 4.78 is 6.56. The summed E-state index contributed by atoms with van der Waals surface area (Å²) in [6, 6.07) is 7.68. The fourth-order valence-corrected chi connectivity index (χ4v) is 1.61. The summed E-state index contributed by atoms with van der Waals surface area (Å²) in [5, 5.41) is 12.1. The average molecular weight is 245 g/mol. The molecule has 2 rings (SSSR count). The molecule has 0 amide bonds. The molecule has 1 heterocycles. The van der Waals surface area contributed by atoms with Crippen molar-refractivity contribution in [1.29, 1.82) is 5.26 Å². The molecule has 0 bridgehead atoms. The largest absolute Gasteiger partial charge is 0.419 e. The molecule has 94 valence electrons. The highest BCUT2D eigenvalue weighted by molar-refractivity contribution is 5.77. The SMILES string of the molecule is Cn1c(=O)oc2cc(NCC(C)(C)C#N)ccc21. The molecule has 0 radical (unpaired) electrons. The number of nitrogens with zero attached hydrogens (tertiary/aromatic N) is 2. The Balaban J connectivity index is 2.27. The minimum Gasteiger partial charge on any atom is -0.408 e. The normalized spacial score (nSPS) is 11.4. The topological polar surface area (TPSA) is 71.0 Å². The molecule has 0 aliphatic rings. The van der Waals surface area contributed by atoms with E-state index in [-0.39, 0.29) is 5.76 Å². The Hall–Kier alpha value is -2.22. The van der Waals surface area contributed by atoms with Crippen molar-refractivity contribution in [1.82, 2.24) is 4.57 Å². The van der Waals surface area contributed by atoms with Crippen LogP contribution in [0.5, 0.6) is 0 Å². The molecule has 1 N–H and O–H groups in total. The highest BCUT2D eigenvalue weighted by atomic mass is 16.4. The minimum absolute atomic E-state index is 0.375. The van der Waals surface area contributed by atoms with Crippen molar-refractivity contribution in [2.75, 3.05) is 11.9 Å². The second-order valence-electron chi connectivity index (χ2n) is 4.96. The molecule has 18 heavy (non-hydrogen) atoms. The van der Waals surface area contributed by atoms with Crippen LogP contribution in [0.1, 0.15) is 13.8 Å². The number of aryl methyl sites for hydroxylation is 1. The van der Waals surface area contributed by atoms with Crippen LogP contribution in [0.2, 0.25) is 0 Å². The summed E-state index contributed by atoms with van der Waals surface area (Å²) >= 11 is 0. The third kappa shape index (κ3) is 2.23. The van der Waals surface area contributed by atoms with E-state index in [1.807, 2.05) is 26.0 Å². The number of hydrogen-bond acceptors (Lipinski definition) is 4. The third-order valence-electron chi connectivity index (χ3n) is 2.83. The van der Waals surface area contributed by atoms with Crippen LogP contribution >= 0.6 is 0 Å². The van der Waals surface area contributed by atoms with E-state index in [4.69, 9.17) is 9.68 Å². The van der Waals surface area contributed by atoms with E-state index in [9.17, 15) is 4.79 Å². The number of fused-ring (bicyclic) bond motifs is 1. The molecule has 5 heteroatoms. The molecule has 2 aromatic rings. The summed E-state index contributed by atoms with van der Waals surface area (Å²) in [7, 11) is 1.67. The zero-order valence-corrected chi connectivity index (χ0v) is 10.7. The second-order valence-corrected chi connectivity index (χ2v) is 4.96. The van der Waals surface area contributed by atoms with Gasteiger partial charge in [0, 0.05) is 25.3 Å². The molecule has 1 aromatic carbocycles. The molecule has 0 atom stereocenters. The van der Waals surface area contributed by atoms with Crippen molar-refractivity contribution >= 4 is 16.8 Å². The van der Waals surface area contributed by atoms with Gasteiger partial charge >= 0.3 is 5.76 Å². The molecule has 0 spiro atoms. The van der Waals surface area contributed by atoms with Gasteiger partial charge in [0.15, 0.2) is 5.58 Å². The molecule has 0 aliphatic heterocycles. The van der Waals surface area contributed by atoms with Crippen molar-refractivity contribution in [3.05, 3.63) is 28.7 Å². The summed E-state index contributed by atoms with van der Waals surface area (Å²) in [5.74, 6) is -0.375. The first kappa shape index (κ1) is 12.2. The summed E-state index contributed by atoms with van der Waals surface area (Å²) in [4.78, 5) is 11.3. The van der Waals surface area contributed by atoms with Crippen molar-refractivity contribution < 1.29 is 4.42 Å². The van der Waals surface area contributed by atoms with E-state index >= 15 is 0 Å². The van der Waals surface area contributed by atoms with Gasteiger partial charge in [-0.05, 0) is 26.0 Å². The molecule has 0 saturated carbocycles. The van der Waals surface area contributed by atoms with Crippen LogP contribution in [0.3, 0.4) is 0 Å². The van der Waals surface area contributed by atoms with Crippen LogP contribution in [0.15, 0.2) is 27.4 Å². The number of anilines is 1. The Bertz CT molecular complexity index is 674. The predicted molar refractivity (Wildman–Crippen MR) is 69.3 cm³/mol. The van der Waals surface area contributed by atoms with Crippen molar-refractivity contribution in [2.24, 2.45) is 12.5 Å². The van der Waals surface area contributed by atoms with E-state index in [0.717, 1.165) is 11.2 Å². The molecule has 0 saturated heterocycles. The van der Waals surface area contributed by atoms with Crippen LogP contribution in [0.25, 0.3) is 11.1 Å². The zero-order valence-electron chi connectivity index (χ0n) is 10.7. The average Bonchev–Trinajstić information content (AvgIpc) is 2.62. The Morgan fingerprint density at radius 2 is 2.22 bits per heavy atom. The number of nitrogens with one attached hydrogen (secondary N) is 1. The quantitative estimate of drug-likeness (QED) is 0.898. The van der Waals surface area contributed by atoms with Gasteiger partial charge < -0.3 is 9.73 Å². The maximum Gasteiger partial charge on any atom is 0.419 e. The molecule has 1 aromatic heterocycles. The predicted octanol–water partition coefficient (Wildman–Crippen LogP) is 2.09. The van der Waals surface area contributed by atoms with E-state index in [1.165, 1.54) is 4.57 Å². The van der Waals surface area contributed by atoms with Gasteiger partial charge in [-0.1, -0.05) is 0 Å². The summed E-state index contributed by atoms with van der Waals surface area (Å²) in [5.41, 5.74) is 1.69. The first-order valence-electron chi connectivity index (χ1n) is 5.68. The Morgan fingerprint density at radius 3 is 2.89 bits per heavy atom. The van der Waals surface area contributed by atoms with Gasteiger partial charge in [-0.3, -0.25) is 4.57 Å². The zero-order chi connectivity index (χ0) is 13.3. The number of hydrogen-bond donors (Lipinski definition) is 1. The van der Waals surface area contributed by atoms with Gasteiger partial charge in [0.2, 0.25) is 0 Å². The highest BCUT2D eigenvalue weighted by Crippen LogP contribution is 2.20. The van der Waals surface area contributed by atoms with Gasteiger partial charge in [-0.15, -0.1) is 0 Å². The van der Waals surface area contributed by atoms with Gasteiger partial charge in [0.1, 0.15) is 0 Å². The fraction of sp³-hybridized carbons (Fsp3) is 0.385. The van der Waals surface area contributed by atoms with Crippen molar-refractivity contribution in [2.45, 2.75) is 13.8 Å². The number of rotatable bonds is 3. The van der Waals surface area contributed by atoms with Crippen LogP contribution in [-0.2, 0) is 7.05 Å². The monoisotopic (exact) mass is 245 g/mol. The van der Waals surface area contributed by atoms with Gasteiger partial charge in [-0.25, -0.2) is 4.79 Å². The number of benzene rings is 1. The first-order valence-corrected chi connectivity index (χ1v) is 5.68. The molecular weight excluding hydrogens is 230 g/mol. The standard InChI is InChI=1S/C13H15N3O2/c1-13(2,7-14)8-15-9-4-5-10-11(6-9)18-12(17)16(10)3/h4-6,15H,8H2,1-3H3. The first-order chi connectivity index (χ1) is 8.43. The van der Waals surface area contributed by atoms with E-state index in [1.54, 1.807) is 13.1 Å². The van der Waals surface area contributed by atoms with E-state index < -0.39 is 5.41 Å². The van der Waals surface area contributed by atoms with E-state index in [0.29, 0.717) is 12.1 Å². The number of nitriles is 1. The number of aromatic nitrogens is 1. The molecule has 5 nitrogen and oxygen atoms in total. The summed E-state index contributed by atoms with van der Waals surface area (Å²) in [6.07, 6.45) is 0. The highest BCUT2D eigenvalue weighted by Gasteiger charge is 2.16. The fourth-order valence-electron chi connectivity index (χ4n) is 1.61. The van der Waals surface area contributed by atoms with Gasteiger partial charge in [0.25, 0.3) is 0 Å². The molecule has 0 unspecified atom stereocenters. The lowest BCUT2D eigenvalue weighted by Gasteiger charge is -2.16. The van der Waals surface area contributed by atoms with Crippen LogP contribution in [0.4, 0.5) is 5.69 Å². The number of oxazole rings is 1. The Morgan fingerprint density at radius 1 is 1.50 bits per heavy atom. The smallest absolute Gasteiger partial charge is 0.408 e. The second kappa shape index (κ2) is 4.22. The Kier molecular flexibility index (Phi) is 2.87. The van der Waals surface area contributed by atoms with Gasteiger partial charge in [0.05, 0.1) is 17.0 Å². The lowest BCUT2D eigenvalue weighted by molar-refractivity contribution is 0.526. The summed E-state index contributed by atoms with van der Waals surface area (Å²) in [6.45, 7) is 4.26. The minimum atomic E-state index is -0.438. The molecule has 0 aliphatic carbocycles. The van der Waals surface area contributed by atoms with E-state index in [2.05, 4.69) is 11.4 Å². The van der Waals surface area contributed by atoms with Crippen molar-refractivity contribution in [3.63, 3.8) is 0 Å². The lowest BCUT2D eigenvalue weighted by atomic mass is 9.96. The van der Waals surface area contributed by atoms with Gasteiger partial charge in [-0.2, -0.15) is 5.26 Å². The lowest BCUT2D eigenvalue weighted by Crippen LogP contribution is -2.20. The van der Waals surface area contributed by atoms with Crippen LogP contribution < -0.4 is 11.1 Å². The Labute approximate surface area is 105 Å². The van der Waals surface area contributed by atoms with Crippen molar-refractivity contribution in [3.8, 4) is 6.07 Å². The third-order valence-corrected chi connectivity index (χ3v) is 2.83. The maximum absolute atomic E-state index is 11.3. The molecule has 0 fully saturated rings. The maximum atomic E-state index is 11.3. The van der Waals surface area contributed by atoms with Crippen LogP contribution in [0, 0.1) is 16.7 Å². The van der Waals surface area contributed by atoms with Crippen LogP contribution in [-0.4, -0.2) is 11.1 Å². The molecular formula is C13H15N3O2.